The molecule has 0 saturated carbocycles. The fourth-order valence-electron chi connectivity index (χ4n) is 1.08. The normalized spacial score (nSPS) is 9.69. The standard InChI is InChI=1S/C8H10BNO3/c10-8(12)5-1-2-6(4-11)7(3-5)9-13/h1-3,9,11,13H,4H2,(H2,10,12). The van der Waals surface area contributed by atoms with E-state index in [4.69, 9.17) is 15.9 Å². The Balaban J connectivity index is 3.13. The lowest BCUT2D eigenvalue weighted by atomic mass is 9.83. The third kappa shape index (κ3) is 2.08. The molecule has 0 aliphatic rings. The smallest absolute Gasteiger partial charge is 0.305 e. The van der Waals surface area contributed by atoms with Gasteiger partial charge in [0.1, 0.15) is 0 Å². The number of aliphatic hydroxyl groups is 1. The van der Waals surface area contributed by atoms with Gasteiger partial charge < -0.3 is 15.9 Å². The van der Waals surface area contributed by atoms with Gasteiger partial charge in [0.2, 0.25) is 5.91 Å². The van der Waals surface area contributed by atoms with Crippen molar-refractivity contribution >= 4 is 18.9 Å². The minimum atomic E-state index is -0.542. The van der Waals surface area contributed by atoms with Crippen molar-refractivity contribution in [3.05, 3.63) is 29.3 Å². The van der Waals surface area contributed by atoms with Gasteiger partial charge >= 0.3 is 7.48 Å². The van der Waals surface area contributed by atoms with Gasteiger partial charge in [-0.3, -0.25) is 4.79 Å². The zero-order valence-corrected chi connectivity index (χ0v) is 7.03. The van der Waals surface area contributed by atoms with Crippen molar-refractivity contribution in [3.8, 4) is 0 Å². The molecule has 1 rings (SSSR count). The highest BCUT2D eigenvalue weighted by molar-refractivity contribution is 6.46. The number of carbonyl (C=O) groups is 1. The van der Waals surface area contributed by atoms with Crippen molar-refractivity contribution in [1.29, 1.82) is 0 Å². The predicted molar refractivity (Wildman–Crippen MR) is 49.9 cm³/mol. The van der Waals surface area contributed by atoms with Crippen LogP contribution in [-0.2, 0) is 6.61 Å². The van der Waals surface area contributed by atoms with E-state index in [-0.39, 0.29) is 14.1 Å². The average Bonchev–Trinajstić information content (AvgIpc) is 2.16. The Bertz CT molecular complexity index is 327. The van der Waals surface area contributed by atoms with E-state index in [1.165, 1.54) is 12.1 Å². The van der Waals surface area contributed by atoms with Crippen LogP contribution < -0.4 is 11.2 Å². The first-order valence-corrected chi connectivity index (χ1v) is 3.82. The van der Waals surface area contributed by atoms with Gasteiger partial charge in [-0.25, -0.2) is 0 Å². The maximum atomic E-state index is 10.7. The van der Waals surface area contributed by atoms with Crippen molar-refractivity contribution < 1.29 is 14.9 Å². The Morgan fingerprint density at radius 3 is 2.69 bits per heavy atom. The molecule has 0 aromatic heterocycles. The summed E-state index contributed by atoms with van der Waals surface area (Å²) in [6, 6.07) is 4.58. The van der Waals surface area contributed by atoms with E-state index in [9.17, 15) is 4.79 Å². The molecule has 0 heterocycles. The van der Waals surface area contributed by atoms with Gasteiger partial charge in [-0.15, -0.1) is 0 Å². The molecule has 0 saturated heterocycles. The number of primary amides is 1. The van der Waals surface area contributed by atoms with E-state index in [0.29, 0.717) is 16.6 Å². The van der Waals surface area contributed by atoms with E-state index in [1.54, 1.807) is 6.07 Å². The molecule has 0 radical (unpaired) electrons. The molecule has 0 fully saturated rings. The van der Waals surface area contributed by atoms with E-state index < -0.39 is 5.91 Å². The van der Waals surface area contributed by atoms with Crippen LogP contribution in [0.25, 0.3) is 0 Å². The SMILES string of the molecule is NC(=O)c1ccc(CO)c(BO)c1. The van der Waals surface area contributed by atoms with Crippen molar-refractivity contribution in [2.24, 2.45) is 5.73 Å². The fraction of sp³-hybridized carbons (Fsp3) is 0.125. The van der Waals surface area contributed by atoms with Crippen LogP contribution in [0.2, 0.25) is 0 Å². The lowest BCUT2D eigenvalue weighted by Crippen LogP contribution is -2.22. The molecule has 0 unspecified atom stereocenters. The number of hydrogen-bond donors (Lipinski definition) is 3. The molecule has 4 nitrogen and oxygen atoms in total. The second kappa shape index (κ2) is 4.07. The first-order valence-electron chi connectivity index (χ1n) is 3.82. The zero-order valence-electron chi connectivity index (χ0n) is 7.03. The molecule has 0 aliphatic carbocycles. The van der Waals surface area contributed by atoms with Crippen LogP contribution in [0.5, 0.6) is 0 Å². The van der Waals surface area contributed by atoms with Crippen LogP contribution in [0, 0.1) is 0 Å². The van der Waals surface area contributed by atoms with Crippen LogP contribution in [-0.4, -0.2) is 23.5 Å². The summed E-state index contributed by atoms with van der Waals surface area (Å²) in [5.74, 6) is -0.542. The molecule has 0 bridgehead atoms. The Kier molecular flexibility index (Phi) is 3.05. The summed E-state index contributed by atoms with van der Waals surface area (Å²) in [5, 5.41) is 17.7. The maximum Gasteiger partial charge on any atom is 0.305 e. The van der Waals surface area contributed by atoms with Gasteiger partial charge in [0.15, 0.2) is 0 Å². The van der Waals surface area contributed by atoms with Crippen molar-refractivity contribution in [1.82, 2.24) is 0 Å². The van der Waals surface area contributed by atoms with Gasteiger partial charge in [0, 0.05) is 5.56 Å². The highest BCUT2D eigenvalue weighted by Crippen LogP contribution is 2.00. The molecule has 0 aliphatic heterocycles. The monoisotopic (exact) mass is 179 g/mol. The largest absolute Gasteiger partial charge is 0.449 e. The average molecular weight is 179 g/mol. The van der Waals surface area contributed by atoms with E-state index in [0.717, 1.165) is 0 Å². The number of amides is 1. The van der Waals surface area contributed by atoms with E-state index in [2.05, 4.69) is 0 Å². The molecule has 0 atom stereocenters. The van der Waals surface area contributed by atoms with Gasteiger partial charge in [-0.05, 0) is 17.1 Å². The van der Waals surface area contributed by atoms with Crippen molar-refractivity contribution in [2.45, 2.75) is 6.61 Å². The third-order valence-corrected chi connectivity index (χ3v) is 1.83. The Morgan fingerprint density at radius 1 is 1.54 bits per heavy atom. The Labute approximate surface area is 76.3 Å². The third-order valence-electron chi connectivity index (χ3n) is 1.83. The second-order valence-corrected chi connectivity index (χ2v) is 2.66. The molecule has 1 aromatic carbocycles. The summed E-state index contributed by atoms with van der Waals surface area (Å²) in [6.07, 6.45) is 0. The number of hydrogen-bond acceptors (Lipinski definition) is 3. The van der Waals surface area contributed by atoms with Gasteiger partial charge in [-0.1, -0.05) is 12.1 Å². The summed E-state index contributed by atoms with van der Waals surface area (Å²) in [6.45, 7) is -0.158. The van der Waals surface area contributed by atoms with Crippen LogP contribution in [0.15, 0.2) is 18.2 Å². The molecule has 1 aromatic rings. The van der Waals surface area contributed by atoms with E-state index in [1.807, 2.05) is 0 Å². The minimum absolute atomic E-state index is 0.158. The first kappa shape index (κ1) is 9.76. The van der Waals surface area contributed by atoms with Gasteiger partial charge in [-0.2, -0.15) is 0 Å². The fourth-order valence-corrected chi connectivity index (χ4v) is 1.08. The quantitative estimate of drug-likeness (QED) is 0.481. The van der Waals surface area contributed by atoms with Crippen molar-refractivity contribution in [2.75, 3.05) is 0 Å². The maximum absolute atomic E-state index is 10.7. The summed E-state index contributed by atoms with van der Waals surface area (Å²) >= 11 is 0. The molecule has 13 heavy (non-hydrogen) atoms. The summed E-state index contributed by atoms with van der Waals surface area (Å²) in [4.78, 5) is 10.7. The van der Waals surface area contributed by atoms with Gasteiger partial charge in [0.25, 0.3) is 0 Å². The lowest BCUT2D eigenvalue weighted by molar-refractivity contribution is 0.100. The van der Waals surface area contributed by atoms with Crippen LogP contribution in [0.1, 0.15) is 15.9 Å². The summed E-state index contributed by atoms with van der Waals surface area (Å²) in [5.41, 5.74) is 6.51. The first-order chi connectivity index (χ1) is 6.19. The second-order valence-electron chi connectivity index (χ2n) is 2.66. The Morgan fingerprint density at radius 2 is 2.23 bits per heavy atom. The molecular formula is C8H10BNO3. The van der Waals surface area contributed by atoms with Crippen LogP contribution in [0.4, 0.5) is 0 Å². The number of aliphatic hydroxyl groups excluding tert-OH is 1. The van der Waals surface area contributed by atoms with Crippen LogP contribution in [0.3, 0.4) is 0 Å². The highest BCUT2D eigenvalue weighted by Gasteiger charge is 2.06. The topological polar surface area (TPSA) is 83.6 Å². The molecule has 68 valence electrons. The van der Waals surface area contributed by atoms with E-state index >= 15 is 0 Å². The summed E-state index contributed by atoms with van der Waals surface area (Å²) < 4.78 is 0. The number of carbonyl (C=O) groups excluding carboxylic acids is 1. The highest BCUT2D eigenvalue weighted by atomic mass is 16.3. The predicted octanol–water partition coefficient (Wildman–Crippen LogP) is -1.75. The molecule has 1 amide bonds. The lowest BCUT2D eigenvalue weighted by Gasteiger charge is -2.04. The number of nitrogens with two attached hydrogens (primary N) is 1. The molecular weight excluding hydrogens is 169 g/mol. The van der Waals surface area contributed by atoms with Crippen molar-refractivity contribution in [3.63, 3.8) is 0 Å². The number of benzene rings is 1. The summed E-state index contributed by atoms with van der Waals surface area (Å²) in [7, 11) is -0.211. The van der Waals surface area contributed by atoms with Crippen LogP contribution >= 0.6 is 0 Å². The minimum Gasteiger partial charge on any atom is -0.449 e. The molecule has 0 spiro atoms. The Hall–Kier alpha value is -1.33. The van der Waals surface area contributed by atoms with Gasteiger partial charge in [0.05, 0.1) is 6.61 Å². The molecule has 5 heteroatoms. The number of rotatable bonds is 3. The zero-order chi connectivity index (χ0) is 9.84. The molecule has 4 N–H and O–H groups in total.